The van der Waals surface area contributed by atoms with Crippen LogP contribution in [0.15, 0.2) is 24.3 Å². The number of nitrogens with zero attached hydrogens (tertiary/aromatic N) is 1. The van der Waals surface area contributed by atoms with Gasteiger partial charge in [0.15, 0.2) is 0 Å². The minimum absolute atomic E-state index is 0.0483. The Hall–Kier alpha value is -1.55. The highest BCUT2D eigenvalue weighted by molar-refractivity contribution is 5.94. The molecule has 1 aromatic carbocycles. The second-order valence-corrected chi connectivity index (χ2v) is 6.02. The lowest BCUT2D eigenvalue weighted by molar-refractivity contribution is 0.0924. The maximum absolute atomic E-state index is 12.3. The van der Waals surface area contributed by atoms with Crippen LogP contribution in [0.4, 0.5) is 5.69 Å². The van der Waals surface area contributed by atoms with Crippen LogP contribution >= 0.6 is 0 Å². The van der Waals surface area contributed by atoms with E-state index < -0.39 is 0 Å². The molecule has 116 valence electrons. The normalized spacial score (nSPS) is 21.9. The molecule has 1 aromatic rings. The Bertz CT molecular complexity index is 448. The molecular weight excluding hydrogens is 262 g/mol. The van der Waals surface area contributed by atoms with Gasteiger partial charge in [0.25, 0.3) is 5.91 Å². The van der Waals surface area contributed by atoms with Crippen molar-refractivity contribution in [1.82, 2.24) is 10.6 Å². The predicted molar refractivity (Wildman–Crippen MR) is 88.0 cm³/mol. The molecule has 0 heterocycles. The molecule has 0 aliphatic heterocycles. The highest BCUT2D eigenvalue weighted by Gasteiger charge is 2.22. The maximum Gasteiger partial charge on any atom is 0.251 e. The molecule has 4 nitrogen and oxygen atoms in total. The van der Waals surface area contributed by atoms with Crippen molar-refractivity contribution in [2.75, 3.05) is 25.5 Å². The Morgan fingerprint density at radius 2 is 1.67 bits per heavy atom. The van der Waals surface area contributed by atoms with E-state index in [1.165, 1.54) is 0 Å². The first-order valence-electron chi connectivity index (χ1n) is 7.91. The molecule has 21 heavy (non-hydrogen) atoms. The molecule has 0 atom stereocenters. The average molecular weight is 289 g/mol. The van der Waals surface area contributed by atoms with Gasteiger partial charge in [-0.25, -0.2) is 0 Å². The van der Waals surface area contributed by atoms with Crippen molar-refractivity contribution in [3.63, 3.8) is 0 Å². The van der Waals surface area contributed by atoms with Crippen molar-refractivity contribution in [2.45, 2.75) is 44.7 Å². The van der Waals surface area contributed by atoms with E-state index in [0.29, 0.717) is 12.1 Å². The van der Waals surface area contributed by atoms with Crippen molar-refractivity contribution in [3.05, 3.63) is 29.8 Å². The summed E-state index contributed by atoms with van der Waals surface area (Å²) in [6.07, 6.45) is 4.44. The third-order valence-corrected chi connectivity index (χ3v) is 4.20. The van der Waals surface area contributed by atoms with Crippen LogP contribution in [0.25, 0.3) is 0 Å². The van der Waals surface area contributed by atoms with E-state index in [0.717, 1.165) is 43.5 Å². The van der Waals surface area contributed by atoms with Gasteiger partial charge < -0.3 is 15.5 Å². The fraction of sp³-hybridized carbons (Fsp3) is 0.588. The molecule has 0 radical (unpaired) electrons. The van der Waals surface area contributed by atoms with Crippen LogP contribution in [0, 0.1) is 0 Å². The van der Waals surface area contributed by atoms with Crippen LogP contribution in [-0.2, 0) is 0 Å². The maximum atomic E-state index is 12.3. The van der Waals surface area contributed by atoms with Gasteiger partial charge in [0, 0.05) is 37.4 Å². The number of hydrogen-bond donors (Lipinski definition) is 2. The lowest BCUT2D eigenvalue weighted by atomic mass is 9.91. The van der Waals surface area contributed by atoms with E-state index in [-0.39, 0.29) is 5.91 Å². The van der Waals surface area contributed by atoms with Gasteiger partial charge in [0.05, 0.1) is 0 Å². The smallest absolute Gasteiger partial charge is 0.251 e. The summed E-state index contributed by atoms with van der Waals surface area (Å²) in [6, 6.07) is 8.71. The fourth-order valence-corrected chi connectivity index (χ4v) is 2.91. The predicted octanol–water partition coefficient (Wildman–Crippen LogP) is 2.40. The molecule has 1 fully saturated rings. The Labute approximate surface area is 127 Å². The quantitative estimate of drug-likeness (QED) is 0.875. The third-order valence-electron chi connectivity index (χ3n) is 4.20. The summed E-state index contributed by atoms with van der Waals surface area (Å²) in [5.41, 5.74) is 1.85. The number of nitrogens with one attached hydrogen (secondary N) is 2. The van der Waals surface area contributed by atoms with Crippen LogP contribution in [0.3, 0.4) is 0 Å². The highest BCUT2D eigenvalue weighted by Crippen LogP contribution is 2.19. The zero-order valence-electron chi connectivity index (χ0n) is 13.4. The molecule has 0 saturated heterocycles. The van der Waals surface area contributed by atoms with Crippen LogP contribution < -0.4 is 15.5 Å². The van der Waals surface area contributed by atoms with E-state index in [4.69, 9.17) is 0 Å². The summed E-state index contributed by atoms with van der Waals surface area (Å²) in [4.78, 5) is 14.3. The lowest BCUT2D eigenvalue weighted by Crippen LogP contribution is -2.42. The Balaban J connectivity index is 1.84. The molecule has 1 saturated carbocycles. The number of amides is 1. The van der Waals surface area contributed by atoms with Crippen LogP contribution in [0.2, 0.25) is 0 Å². The number of rotatable bonds is 5. The Morgan fingerprint density at radius 1 is 1.10 bits per heavy atom. The van der Waals surface area contributed by atoms with Gasteiger partial charge in [0.2, 0.25) is 0 Å². The van der Waals surface area contributed by atoms with Gasteiger partial charge in [-0.1, -0.05) is 6.92 Å². The molecule has 0 unspecified atom stereocenters. The van der Waals surface area contributed by atoms with Crippen molar-refractivity contribution in [3.8, 4) is 0 Å². The van der Waals surface area contributed by atoms with Crippen molar-refractivity contribution >= 4 is 11.6 Å². The lowest BCUT2D eigenvalue weighted by Gasteiger charge is -2.29. The van der Waals surface area contributed by atoms with Gasteiger partial charge in [-0.05, 0) is 56.5 Å². The molecule has 0 spiro atoms. The molecule has 2 rings (SSSR count). The van der Waals surface area contributed by atoms with E-state index in [1.807, 2.05) is 43.3 Å². The Morgan fingerprint density at radius 3 is 2.19 bits per heavy atom. The largest absolute Gasteiger partial charge is 0.378 e. The van der Waals surface area contributed by atoms with Gasteiger partial charge >= 0.3 is 0 Å². The summed E-state index contributed by atoms with van der Waals surface area (Å²) in [7, 11) is 4.00. The SMILES string of the molecule is CCNC1CCC(NC(=O)c2ccc(N(C)C)cc2)CC1. The molecular formula is C17H27N3O. The van der Waals surface area contributed by atoms with E-state index in [9.17, 15) is 4.79 Å². The van der Waals surface area contributed by atoms with Crippen LogP contribution in [-0.4, -0.2) is 38.6 Å². The standard InChI is InChI=1S/C17H27N3O/c1-4-18-14-7-9-15(10-8-14)19-17(21)13-5-11-16(12-6-13)20(2)3/h5-6,11-12,14-15,18H,4,7-10H2,1-3H3,(H,19,21). The minimum atomic E-state index is 0.0483. The number of anilines is 1. The molecule has 1 aliphatic carbocycles. The third kappa shape index (κ3) is 4.46. The van der Waals surface area contributed by atoms with Gasteiger partial charge in [-0.15, -0.1) is 0 Å². The monoisotopic (exact) mass is 289 g/mol. The summed E-state index contributed by atoms with van der Waals surface area (Å²) in [6.45, 7) is 3.17. The second kappa shape index (κ2) is 7.46. The number of hydrogen-bond acceptors (Lipinski definition) is 3. The summed E-state index contributed by atoms with van der Waals surface area (Å²) in [5, 5.41) is 6.66. The number of benzene rings is 1. The van der Waals surface area contributed by atoms with Gasteiger partial charge in [-0.2, -0.15) is 0 Å². The zero-order valence-corrected chi connectivity index (χ0v) is 13.4. The van der Waals surface area contributed by atoms with E-state index in [1.54, 1.807) is 0 Å². The topological polar surface area (TPSA) is 44.4 Å². The average Bonchev–Trinajstić information content (AvgIpc) is 2.49. The number of carbonyl (C=O) groups excluding carboxylic acids is 1. The van der Waals surface area contributed by atoms with Crippen molar-refractivity contribution < 1.29 is 4.79 Å². The van der Waals surface area contributed by atoms with Gasteiger partial charge in [-0.3, -0.25) is 4.79 Å². The van der Waals surface area contributed by atoms with Gasteiger partial charge in [0.1, 0.15) is 0 Å². The van der Waals surface area contributed by atoms with Crippen molar-refractivity contribution in [1.29, 1.82) is 0 Å². The zero-order chi connectivity index (χ0) is 15.2. The summed E-state index contributed by atoms with van der Waals surface area (Å²) < 4.78 is 0. The number of carbonyl (C=O) groups is 1. The minimum Gasteiger partial charge on any atom is -0.378 e. The Kier molecular flexibility index (Phi) is 5.62. The summed E-state index contributed by atoms with van der Waals surface area (Å²) >= 11 is 0. The van der Waals surface area contributed by atoms with Crippen LogP contribution in [0.1, 0.15) is 43.0 Å². The molecule has 0 aromatic heterocycles. The second-order valence-electron chi connectivity index (χ2n) is 6.02. The molecule has 1 aliphatic rings. The van der Waals surface area contributed by atoms with E-state index in [2.05, 4.69) is 17.6 Å². The van der Waals surface area contributed by atoms with E-state index >= 15 is 0 Å². The van der Waals surface area contributed by atoms with Crippen molar-refractivity contribution in [2.24, 2.45) is 0 Å². The highest BCUT2D eigenvalue weighted by atomic mass is 16.1. The molecule has 2 N–H and O–H groups in total. The first-order chi connectivity index (χ1) is 10.1. The van der Waals surface area contributed by atoms with Crippen LogP contribution in [0.5, 0.6) is 0 Å². The first-order valence-corrected chi connectivity index (χ1v) is 7.91. The molecule has 1 amide bonds. The fourth-order valence-electron chi connectivity index (χ4n) is 2.91. The first kappa shape index (κ1) is 15.8. The molecule has 0 bridgehead atoms. The molecule has 4 heteroatoms. The summed E-state index contributed by atoms with van der Waals surface area (Å²) in [5.74, 6) is 0.0483.